The standard InChI is InChI=1S/C7H16BNO2/c1-8(11)9-4-2-3-7(5-9)6-10/h7,10-11H,2-6H2,1H3. The van der Waals surface area contributed by atoms with Crippen molar-refractivity contribution in [3.63, 3.8) is 0 Å². The monoisotopic (exact) mass is 157 g/mol. The summed E-state index contributed by atoms with van der Waals surface area (Å²) in [4.78, 5) is 2.00. The lowest BCUT2D eigenvalue weighted by molar-refractivity contribution is 0.156. The molecule has 0 aromatic heterocycles. The Bertz CT molecular complexity index is 121. The summed E-state index contributed by atoms with van der Waals surface area (Å²) >= 11 is 0. The van der Waals surface area contributed by atoms with E-state index in [0.717, 1.165) is 25.9 Å². The number of nitrogens with zero attached hydrogens (tertiary/aromatic N) is 1. The smallest absolute Gasteiger partial charge is 0.376 e. The normalized spacial score (nSPS) is 27.0. The molecule has 3 nitrogen and oxygen atoms in total. The summed E-state index contributed by atoms with van der Waals surface area (Å²) in [5, 5.41) is 18.1. The minimum absolute atomic E-state index is 0.253. The molecule has 1 fully saturated rings. The van der Waals surface area contributed by atoms with Crippen LogP contribution in [0.2, 0.25) is 6.82 Å². The quantitative estimate of drug-likeness (QED) is 0.545. The molecule has 64 valence electrons. The number of hydrogen-bond acceptors (Lipinski definition) is 3. The Kier molecular flexibility index (Phi) is 3.36. The summed E-state index contributed by atoms with van der Waals surface area (Å²) in [5.74, 6) is 0.373. The van der Waals surface area contributed by atoms with Crippen LogP contribution in [0.5, 0.6) is 0 Å². The van der Waals surface area contributed by atoms with E-state index in [9.17, 15) is 5.02 Å². The first-order valence-electron chi connectivity index (χ1n) is 4.27. The molecular formula is C7H16BNO2. The predicted octanol–water partition coefficient (Wildman–Crippen LogP) is -0.199. The fourth-order valence-corrected chi connectivity index (χ4v) is 1.59. The molecule has 0 saturated carbocycles. The van der Waals surface area contributed by atoms with Crippen molar-refractivity contribution in [1.29, 1.82) is 0 Å². The van der Waals surface area contributed by atoms with Crippen molar-refractivity contribution in [3.05, 3.63) is 0 Å². The molecule has 1 aliphatic rings. The largest absolute Gasteiger partial charge is 0.437 e. The second-order valence-corrected chi connectivity index (χ2v) is 3.32. The molecule has 1 aliphatic heterocycles. The molecule has 0 aromatic rings. The molecule has 0 aliphatic carbocycles. The van der Waals surface area contributed by atoms with Crippen LogP contribution >= 0.6 is 0 Å². The van der Waals surface area contributed by atoms with Gasteiger partial charge in [-0.25, -0.2) is 0 Å². The number of piperidine rings is 1. The lowest BCUT2D eigenvalue weighted by Gasteiger charge is -2.32. The number of aliphatic hydroxyl groups is 1. The summed E-state index contributed by atoms with van der Waals surface area (Å²) < 4.78 is 0. The third-order valence-corrected chi connectivity index (χ3v) is 2.34. The Morgan fingerprint density at radius 2 is 2.36 bits per heavy atom. The first kappa shape index (κ1) is 9.04. The SMILES string of the molecule is CB(O)N1CCCC(CO)C1. The van der Waals surface area contributed by atoms with E-state index < -0.39 is 0 Å². The summed E-state index contributed by atoms with van der Waals surface area (Å²) in [6.45, 7) is 3.84. The van der Waals surface area contributed by atoms with Crippen LogP contribution in [0.25, 0.3) is 0 Å². The molecule has 0 amide bonds. The molecular weight excluding hydrogens is 141 g/mol. The van der Waals surface area contributed by atoms with Crippen LogP contribution in [0.3, 0.4) is 0 Å². The predicted molar refractivity (Wildman–Crippen MR) is 45.2 cm³/mol. The minimum Gasteiger partial charge on any atom is -0.437 e. The van der Waals surface area contributed by atoms with Gasteiger partial charge >= 0.3 is 7.05 Å². The molecule has 4 heteroatoms. The van der Waals surface area contributed by atoms with Gasteiger partial charge in [0.25, 0.3) is 0 Å². The topological polar surface area (TPSA) is 43.7 Å². The Balaban J connectivity index is 2.33. The van der Waals surface area contributed by atoms with Gasteiger partial charge in [0.15, 0.2) is 0 Å². The molecule has 0 aromatic carbocycles. The minimum atomic E-state index is -0.357. The van der Waals surface area contributed by atoms with E-state index in [2.05, 4.69) is 0 Å². The molecule has 0 spiro atoms. The maximum absolute atomic E-state index is 9.23. The van der Waals surface area contributed by atoms with Crippen molar-refractivity contribution in [3.8, 4) is 0 Å². The highest BCUT2D eigenvalue weighted by atomic mass is 16.3. The number of aliphatic hydroxyl groups excluding tert-OH is 1. The van der Waals surface area contributed by atoms with Crippen LogP contribution in [-0.4, -0.2) is 41.7 Å². The third kappa shape index (κ3) is 2.47. The van der Waals surface area contributed by atoms with Crippen molar-refractivity contribution >= 4 is 7.05 Å². The van der Waals surface area contributed by atoms with Gasteiger partial charge in [0.1, 0.15) is 0 Å². The second-order valence-electron chi connectivity index (χ2n) is 3.32. The van der Waals surface area contributed by atoms with E-state index in [1.54, 1.807) is 6.82 Å². The van der Waals surface area contributed by atoms with Crippen molar-refractivity contribution in [2.75, 3.05) is 19.7 Å². The molecule has 2 N–H and O–H groups in total. The van der Waals surface area contributed by atoms with E-state index in [1.807, 2.05) is 4.81 Å². The summed E-state index contributed by atoms with van der Waals surface area (Å²) in [6, 6.07) is 0. The maximum atomic E-state index is 9.23. The number of hydrogen-bond donors (Lipinski definition) is 2. The van der Waals surface area contributed by atoms with Gasteiger partial charge in [0.05, 0.1) is 0 Å². The summed E-state index contributed by atoms with van der Waals surface area (Å²) in [5.41, 5.74) is 0. The van der Waals surface area contributed by atoms with Gasteiger partial charge < -0.3 is 14.9 Å². The highest BCUT2D eigenvalue weighted by Gasteiger charge is 2.23. The van der Waals surface area contributed by atoms with Crippen molar-refractivity contribution in [2.45, 2.75) is 19.7 Å². The van der Waals surface area contributed by atoms with E-state index in [1.165, 1.54) is 0 Å². The molecule has 1 atom stereocenters. The summed E-state index contributed by atoms with van der Waals surface area (Å²) in [7, 11) is -0.357. The van der Waals surface area contributed by atoms with Gasteiger partial charge in [-0.05, 0) is 38.7 Å². The van der Waals surface area contributed by atoms with Gasteiger partial charge in [-0.3, -0.25) is 0 Å². The molecule has 1 rings (SSSR count). The Hall–Kier alpha value is -0.0551. The average Bonchev–Trinajstić information content (AvgIpc) is 2.05. The van der Waals surface area contributed by atoms with Gasteiger partial charge in [0.2, 0.25) is 0 Å². The lowest BCUT2D eigenvalue weighted by atomic mass is 9.81. The van der Waals surface area contributed by atoms with Gasteiger partial charge in [-0.15, -0.1) is 0 Å². The van der Waals surface area contributed by atoms with E-state index in [-0.39, 0.29) is 13.7 Å². The van der Waals surface area contributed by atoms with Crippen LogP contribution in [0.1, 0.15) is 12.8 Å². The lowest BCUT2D eigenvalue weighted by Crippen LogP contribution is -2.44. The zero-order valence-corrected chi connectivity index (χ0v) is 7.03. The fourth-order valence-electron chi connectivity index (χ4n) is 1.59. The highest BCUT2D eigenvalue weighted by Crippen LogP contribution is 2.15. The van der Waals surface area contributed by atoms with Crippen molar-refractivity contribution in [1.82, 2.24) is 4.81 Å². The molecule has 1 heterocycles. The zero-order chi connectivity index (χ0) is 8.27. The van der Waals surface area contributed by atoms with Crippen molar-refractivity contribution < 1.29 is 10.1 Å². The van der Waals surface area contributed by atoms with Crippen LogP contribution in [-0.2, 0) is 0 Å². The molecule has 11 heavy (non-hydrogen) atoms. The van der Waals surface area contributed by atoms with Crippen LogP contribution in [0.4, 0.5) is 0 Å². The summed E-state index contributed by atoms with van der Waals surface area (Å²) in [6.07, 6.45) is 2.19. The van der Waals surface area contributed by atoms with Gasteiger partial charge in [-0.1, -0.05) is 0 Å². The van der Waals surface area contributed by atoms with E-state index in [4.69, 9.17) is 5.11 Å². The molecule has 1 unspecified atom stereocenters. The Labute approximate surface area is 68.2 Å². The maximum Gasteiger partial charge on any atom is 0.376 e. The van der Waals surface area contributed by atoms with Crippen LogP contribution in [0.15, 0.2) is 0 Å². The fraction of sp³-hybridized carbons (Fsp3) is 1.00. The average molecular weight is 157 g/mol. The first-order chi connectivity index (χ1) is 5.24. The molecule has 0 radical (unpaired) electrons. The number of rotatable bonds is 2. The first-order valence-corrected chi connectivity index (χ1v) is 4.27. The Morgan fingerprint density at radius 3 is 2.91 bits per heavy atom. The van der Waals surface area contributed by atoms with Crippen molar-refractivity contribution in [2.24, 2.45) is 5.92 Å². The van der Waals surface area contributed by atoms with Gasteiger partial charge in [0, 0.05) is 6.61 Å². The second kappa shape index (κ2) is 4.09. The molecule has 1 saturated heterocycles. The molecule has 0 bridgehead atoms. The van der Waals surface area contributed by atoms with E-state index in [0.29, 0.717) is 5.92 Å². The Morgan fingerprint density at radius 1 is 1.64 bits per heavy atom. The van der Waals surface area contributed by atoms with Gasteiger partial charge in [-0.2, -0.15) is 0 Å². The third-order valence-electron chi connectivity index (χ3n) is 2.34. The zero-order valence-electron chi connectivity index (χ0n) is 7.03. The van der Waals surface area contributed by atoms with Crippen LogP contribution in [0, 0.1) is 5.92 Å². The highest BCUT2D eigenvalue weighted by molar-refractivity contribution is 6.45. The van der Waals surface area contributed by atoms with Crippen LogP contribution < -0.4 is 0 Å². The van der Waals surface area contributed by atoms with E-state index >= 15 is 0 Å².